The van der Waals surface area contributed by atoms with Crippen LogP contribution < -0.4 is 0 Å². The van der Waals surface area contributed by atoms with Crippen LogP contribution >= 0.6 is 0 Å². The third-order valence-electron chi connectivity index (χ3n) is 1.04. The molecular formula is C6H11O2W2-. The predicted molar refractivity (Wildman–Crippen MR) is 31.4 cm³/mol. The van der Waals surface area contributed by atoms with E-state index < -0.39 is 5.97 Å². The second-order valence-corrected chi connectivity index (χ2v) is 1.87. The molecule has 0 rings (SSSR count). The fourth-order valence-corrected chi connectivity index (χ4v) is 0.391. The molecule has 0 heterocycles. The molecule has 1 atom stereocenters. The maximum atomic E-state index is 9.93. The Bertz CT molecular complexity index is 85.8. The van der Waals surface area contributed by atoms with Crippen LogP contribution in [0.4, 0.5) is 0 Å². The molecule has 0 spiro atoms. The van der Waals surface area contributed by atoms with Gasteiger partial charge in [-0.3, -0.25) is 4.79 Å². The summed E-state index contributed by atoms with van der Waals surface area (Å²) in [7, 11) is 0. The Morgan fingerprint density at radius 1 is 1.60 bits per heavy atom. The van der Waals surface area contributed by atoms with E-state index in [4.69, 9.17) is 5.11 Å². The average Bonchev–Trinajstić information content (AvgIpc) is 1.65. The molecular weight excluding hydrogens is 472 g/mol. The molecule has 60 valence electrons. The second-order valence-electron chi connectivity index (χ2n) is 1.87. The molecule has 0 amide bonds. The summed E-state index contributed by atoms with van der Waals surface area (Å²) in [5, 5.41) is 8.18. The SMILES string of the molecule is [CH2-]C(CC)CC(=O)O.[W].[W]. The van der Waals surface area contributed by atoms with Crippen molar-refractivity contribution in [3.05, 3.63) is 6.92 Å². The molecule has 0 aromatic rings. The van der Waals surface area contributed by atoms with Crippen molar-refractivity contribution in [2.45, 2.75) is 19.8 Å². The molecule has 10 heavy (non-hydrogen) atoms. The first-order chi connectivity index (χ1) is 3.66. The van der Waals surface area contributed by atoms with E-state index in [1.165, 1.54) is 0 Å². The third-order valence-corrected chi connectivity index (χ3v) is 1.04. The summed E-state index contributed by atoms with van der Waals surface area (Å²) in [6.07, 6.45) is 1.03. The minimum Gasteiger partial charge on any atom is -0.481 e. The van der Waals surface area contributed by atoms with Crippen molar-refractivity contribution in [1.29, 1.82) is 0 Å². The fourth-order valence-electron chi connectivity index (χ4n) is 0.391. The Morgan fingerprint density at radius 3 is 2.10 bits per heavy atom. The van der Waals surface area contributed by atoms with Gasteiger partial charge < -0.3 is 12.0 Å². The van der Waals surface area contributed by atoms with Gasteiger partial charge in [-0.2, -0.15) is 5.92 Å². The minimum absolute atomic E-state index is 0. The third kappa shape index (κ3) is 11.6. The van der Waals surface area contributed by atoms with Crippen molar-refractivity contribution < 1.29 is 52.0 Å². The quantitative estimate of drug-likeness (QED) is 0.616. The van der Waals surface area contributed by atoms with Crippen LogP contribution in [0.15, 0.2) is 0 Å². The van der Waals surface area contributed by atoms with Crippen LogP contribution in [-0.2, 0) is 46.9 Å². The van der Waals surface area contributed by atoms with Gasteiger partial charge in [0.2, 0.25) is 0 Å². The average molecular weight is 483 g/mol. The number of carboxylic acids is 1. The molecule has 0 saturated carbocycles. The normalized spacial score (nSPS) is 10.6. The van der Waals surface area contributed by atoms with Crippen LogP contribution in [0.5, 0.6) is 0 Å². The van der Waals surface area contributed by atoms with E-state index in [2.05, 4.69) is 6.92 Å². The summed E-state index contributed by atoms with van der Waals surface area (Å²) in [6, 6.07) is 0. The molecule has 0 radical (unpaired) electrons. The number of carboxylic acid groups (broad SMARTS) is 1. The molecule has 0 saturated heterocycles. The van der Waals surface area contributed by atoms with E-state index in [1.807, 2.05) is 6.92 Å². The van der Waals surface area contributed by atoms with E-state index in [0.717, 1.165) is 6.42 Å². The Labute approximate surface area is 90.3 Å². The largest absolute Gasteiger partial charge is 0.481 e. The monoisotopic (exact) mass is 483 g/mol. The van der Waals surface area contributed by atoms with Crippen LogP contribution in [0, 0.1) is 12.8 Å². The molecule has 0 bridgehead atoms. The summed E-state index contributed by atoms with van der Waals surface area (Å²) < 4.78 is 0. The zero-order chi connectivity index (χ0) is 6.57. The van der Waals surface area contributed by atoms with Gasteiger partial charge in [-0.1, -0.05) is 13.3 Å². The summed E-state index contributed by atoms with van der Waals surface area (Å²) >= 11 is 0. The van der Waals surface area contributed by atoms with Gasteiger partial charge in [-0.05, 0) is 0 Å². The number of hydrogen-bond donors (Lipinski definition) is 1. The Morgan fingerprint density at radius 2 is 2.00 bits per heavy atom. The van der Waals surface area contributed by atoms with Crippen molar-refractivity contribution in [3.63, 3.8) is 0 Å². The van der Waals surface area contributed by atoms with Crippen molar-refractivity contribution in [2.75, 3.05) is 0 Å². The Balaban J connectivity index is -0.000000245. The first-order valence-electron chi connectivity index (χ1n) is 2.71. The summed E-state index contributed by atoms with van der Waals surface area (Å²) in [5.74, 6) is -0.681. The first kappa shape index (κ1) is 17.1. The number of carbonyl (C=O) groups is 1. The van der Waals surface area contributed by atoms with Crippen molar-refractivity contribution in [3.8, 4) is 0 Å². The van der Waals surface area contributed by atoms with Crippen molar-refractivity contribution in [1.82, 2.24) is 0 Å². The second kappa shape index (κ2) is 9.85. The topological polar surface area (TPSA) is 37.3 Å². The van der Waals surface area contributed by atoms with Gasteiger partial charge in [0.15, 0.2) is 0 Å². The van der Waals surface area contributed by atoms with Gasteiger partial charge in [0.25, 0.3) is 0 Å². The maximum Gasteiger partial charge on any atom is 0.300 e. The van der Waals surface area contributed by atoms with Crippen LogP contribution in [0.2, 0.25) is 0 Å². The summed E-state index contributed by atoms with van der Waals surface area (Å²) in [5.41, 5.74) is 0. The molecule has 0 aromatic carbocycles. The van der Waals surface area contributed by atoms with Gasteiger partial charge in [-0.15, -0.1) is 0 Å². The predicted octanol–water partition coefficient (Wildman–Crippen LogP) is 1.32. The summed E-state index contributed by atoms with van der Waals surface area (Å²) in [4.78, 5) is 9.93. The zero-order valence-corrected chi connectivity index (χ0v) is 11.7. The molecule has 0 aliphatic heterocycles. The molecule has 4 heteroatoms. The van der Waals surface area contributed by atoms with E-state index in [0.29, 0.717) is 0 Å². The van der Waals surface area contributed by atoms with Gasteiger partial charge in [-0.25, -0.2) is 0 Å². The Kier molecular flexibility index (Phi) is 16.8. The molecule has 0 aliphatic rings. The molecule has 2 nitrogen and oxygen atoms in total. The van der Waals surface area contributed by atoms with Crippen molar-refractivity contribution >= 4 is 5.97 Å². The standard InChI is InChI=1S/C6H11O2.2W/c1-3-5(2)4-6(7)8;;/h5H,2-4H2,1H3,(H,7,8);;/q-1;;. The van der Waals surface area contributed by atoms with Crippen LogP contribution in [-0.4, -0.2) is 11.1 Å². The van der Waals surface area contributed by atoms with E-state index >= 15 is 0 Å². The zero-order valence-electron chi connectivity index (χ0n) is 5.87. The van der Waals surface area contributed by atoms with Crippen molar-refractivity contribution in [2.24, 2.45) is 5.92 Å². The smallest absolute Gasteiger partial charge is 0.300 e. The summed E-state index contributed by atoms with van der Waals surface area (Å²) in [6.45, 7) is 5.55. The molecule has 0 fully saturated rings. The van der Waals surface area contributed by atoms with Crippen LogP contribution in [0.3, 0.4) is 0 Å². The molecule has 1 unspecified atom stereocenters. The Hall–Kier alpha value is 0.847. The van der Waals surface area contributed by atoms with E-state index in [1.54, 1.807) is 0 Å². The van der Waals surface area contributed by atoms with Crippen LogP contribution in [0.1, 0.15) is 19.8 Å². The molecule has 0 aromatic heterocycles. The fraction of sp³-hybridized carbons (Fsp3) is 0.667. The first-order valence-corrected chi connectivity index (χ1v) is 2.71. The minimum atomic E-state index is -0.758. The van der Waals surface area contributed by atoms with Gasteiger partial charge >= 0.3 is 5.97 Å². The van der Waals surface area contributed by atoms with Gasteiger partial charge in [0.05, 0.1) is 0 Å². The van der Waals surface area contributed by atoms with Crippen LogP contribution in [0.25, 0.3) is 0 Å². The molecule has 1 N–H and O–H groups in total. The van der Waals surface area contributed by atoms with Gasteiger partial charge in [0, 0.05) is 48.6 Å². The van der Waals surface area contributed by atoms with Gasteiger partial charge in [0.1, 0.15) is 0 Å². The van der Waals surface area contributed by atoms with E-state index in [9.17, 15) is 4.79 Å². The number of rotatable bonds is 3. The molecule has 0 aliphatic carbocycles. The van der Waals surface area contributed by atoms with E-state index in [-0.39, 0.29) is 54.5 Å². The maximum absolute atomic E-state index is 9.93. The number of hydrogen-bond acceptors (Lipinski definition) is 1. The number of aliphatic carboxylic acids is 1.